The molecule has 114 valence electrons. The van der Waals surface area contributed by atoms with E-state index in [1.165, 1.54) is 16.7 Å². The molecule has 3 unspecified atom stereocenters. The van der Waals surface area contributed by atoms with Crippen LogP contribution in [0, 0.1) is 29.6 Å². The first kappa shape index (κ1) is 13.9. The van der Waals surface area contributed by atoms with Crippen LogP contribution in [0.15, 0.2) is 24.3 Å². The molecule has 2 nitrogen and oxygen atoms in total. The third kappa shape index (κ3) is 1.61. The number of phenolic OH excluding ortho intramolecular Hbond substituents is 1. The monoisotopic (exact) mass is 294 g/mol. The molecule has 2 N–H and O–H groups in total. The number of phenols is 1. The van der Waals surface area contributed by atoms with E-state index < -0.39 is 5.60 Å². The number of aromatic hydroxyl groups is 1. The van der Waals surface area contributed by atoms with Gasteiger partial charge in [-0.3, -0.25) is 0 Å². The van der Waals surface area contributed by atoms with Crippen molar-refractivity contribution in [3.63, 3.8) is 0 Å². The molecular weight excluding hydrogens is 272 g/mol. The Hall–Kier alpha value is -1.72. The third-order valence-corrected chi connectivity index (χ3v) is 6.57. The summed E-state index contributed by atoms with van der Waals surface area (Å²) in [4.78, 5) is 0. The van der Waals surface area contributed by atoms with Crippen LogP contribution in [-0.4, -0.2) is 15.8 Å². The van der Waals surface area contributed by atoms with Gasteiger partial charge in [0.1, 0.15) is 11.4 Å². The van der Waals surface area contributed by atoms with E-state index >= 15 is 0 Å². The Morgan fingerprint density at radius 2 is 2.14 bits per heavy atom. The van der Waals surface area contributed by atoms with E-state index in [1.807, 2.05) is 12.1 Å². The van der Waals surface area contributed by atoms with Crippen molar-refractivity contribution in [2.45, 2.75) is 44.6 Å². The molecule has 1 aromatic carbocycles. The molecule has 0 saturated heterocycles. The van der Waals surface area contributed by atoms with Crippen molar-refractivity contribution in [1.82, 2.24) is 0 Å². The summed E-state index contributed by atoms with van der Waals surface area (Å²) in [7, 11) is 0. The molecule has 2 heteroatoms. The Bertz CT molecular complexity index is 711. The molecule has 0 aliphatic heterocycles. The lowest BCUT2D eigenvalue weighted by atomic mass is 9.57. The molecule has 0 heterocycles. The topological polar surface area (TPSA) is 40.5 Å². The van der Waals surface area contributed by atoms with Crippen molar-refractivity contribution in [1.29, 1.82) is 0 Å². The highest BCUT2D eigenvalue weighted by molar-refractivity contribution is 5.74. The van der Waals surface area contributed by atoms with Crippen molar-refractivity contribution < 1.29 is 10.2 Å². The van der Waals surface area contributed by atoms with Gasteiger partial charge in [0.05, 0.1) is 0 Å². The van der Waals surface area contributed by atoms with Crippen LogP contribution in [-0.2, 0) is 6.42 Å². The number of allylic oxidation sites excluding steroid dienone is 2. The molecular formula is C20H22O2. The van der Waals surface area contributed by atoms with Crippen molar-refractivity contribution in [2.75, 3.05) is 0 Å². The maximum absolute atomic E-state index is 10.9. The van der Waals surface area contributed by atoms with Crippen LogP contribution in [0.5, 0.6) is 5.75 Å². The minimum atomic E-state index is -0.963. The fourth-order valence-corrected chi connectivity index (χ4v) is 5.21. The zero-order chi connectivity index (χ0) is 15.5. The van der Waals surface area contributed by atoms with Gasteiger partial charge in [0, 0.05) is 5.41 Å². The van der Waals surface area contributed by atoms with E-state index in [4.69, 9.17) is 6.42 Å². The van der Waals surface area contributed by atoms with E-state index in [2.05, 4.69) is 18.9 Å². The summed E-state index contributed by atoms with van der Waals surface area (Å²) in [5.41, 5.74) is 2.77. The summed E-state index contributed by atoms with van der Waals surface area (Å²) >= 11 is 0. The van der Waals surface area contributed by atoms with Crippen LogP contribution in [0.25, 0.3) is 5.57 Å². The summed E-state index contributed by atoms with van der Waals surface area (Å²) in [6.07, 6.45) is 12.6. The first-order valence-electron chi connectivity index (χ1n) is 8.21. The van der Waals surface area contributed by atoms with E-state index in [9.17, 15) is 10.2 Å². The first-order chi connectivity index (χ1) is 10.5. The Balaban J connectivity index is 1.80. The summed E-state index contributed by atoms with van der Waals surface area (Å²) in [6.45, 7) is 2.17. The van der Waals surface area contributed by atoms with Gasteiger partial charge < -0.3 is 10.2 Å². The molecule has 1 fully saturated rings. The number of fused-ring (bicyclic) bond motifs is 5. The standard InChI is InChI=1S/C20H22O2/c1-3-20(22)11-9-18-17-6-4-13-12-14(21)5-7-15(13)16(17)8-10-19(18,20)2/h1,5,7-8,12,17-18,21-22H,4,6,9-11H2,2H3/t17?,18?,19-,20?/m1/s1. The molecule has 0 radical (unpaired) electrons. The second-order valence-corrected chi connectivity index (χ2v) is 7.42. The number of aliphatic hydroxyl groups is 1. The average Bonchev–Trinajstić information content (AvgIpc) is 2.79. The maximum Gasteiger partial charge on any atom is 0.131 e. The predicted molar refractivity (Wildman–Crippen MR) is 87.1 cm³/mol. The fourth-order valence-electron chi connectivity index (χ4n) is 5.21. The second-order valence-electron chi connectivity index (χ2n) is 7.42. The van der Waals surface area contributed by atoms with Gasteiger partial charge in [-0.05, 0) is 72.8 Å². The molecule has 0 amide bonds. The van der Waals surface area contributed by atoms with Crippen LogP contribution in [0.2, 0.25) is 0 Å². The van der Waals surface area contributed by atoms with Gasteiger partial charge in [0.15, 0.2) is 0 Å². The van der Waals surface area contributed by atoms with E-state index in [0.717, 1.165) is 25.7 Å². The number of hydrogen-bond donors (Lipinski definition) is 2. The zero-order valence-electron chi connectivity index (χ0n) is 13.0. The molecule has 22 heavy (non-hydrogen) atoms. The minimum absolute atomic E-state index is 0.204. The van der Waals surface area contributed by atoms with Crippen molar-refractivity contribution in [3.05, 3.63) is 35.4 Å². The Labute approximate surface area is 131 Å². The highest BCUT2D eigenvalue weighted by Crippen LogP contribution is 2.62. The normalized spacial score (nSPS) is 39.2. The number of aryl methyl sites for hydroxylation is 1. The molecule has 3 aliphatic rings. The molecule has 0 bridgehead atoms. The molecule has 0 spiro atoms. The maximum atomic E-state index is 10.9. The van der Waals surface area contributed by atoms with Crippen LogP contribution < -0.4 is 0 Å². The lowest BCUT2D eigenvalue weighted by Gasteiger charge is -2.48. The number of terminal acetylenes is 1. The molecule has 1 saturated carbocycles. The number of hydrogen-bond acceptors (Lipinski definition) is 2. The van der Waals surface area contributed by atoms with Crippen molar-refractivity contribution in [3.8, 4) is 18.1 Å². The molecule has 4 rings (SSSR count). The van der Waals surface area contributed by atoms with Gasteiger partial charge in [0.25, 0.3) is 0 Å². The minimum Gasteiger partial charge on any atom is -0.508 e. The average molecular weight is 294 g/mol. The van der Waals surface area contributed by atoms with Gasteiger partial charge in [-0.2, -0.15) is 0 Å². The highest BCUT2D eigenvalue weighted by Gasteiger charge is 2.59. The molecule has 0 aromatic heterocycles. The summed E-state index contributed by atoms with van der Waals surface area (Å²) < 4.78 is 0. The van der Waals surface area contributed by atoms with Gasteiger partial charge in [0.2, 0.25) is 0 Å². The third-order valence-electron chi connectivity index (χ3n) is 6.57. The number of benzene rings is 1. The van der Waals surface area contributed by atoms with Gasteiger partial charge in [-0.25, -0.2) is 0 Å². The lowest BCUT2D eigenvalue weighted by molar-refractivity contribution is -0.0299. The zero-order valence-corrected chi connectivity index (χ0v) is 13.0. The first-order valence-corrected chi connectivity index (χ1v) is 8.21. The number of rotatable bonds is 0. The fraction of sp³-hybridized carbons (Fsp3) is 0.500. The van der Waals surface area contributed by atoms with E-state index in [0.29, 0.717) is 24.0 Å². The molecule has 4 atom stereocenters. The Morgan fingerprint density at radius 1 is 1.32 bits per heavy atom. The van der Waals surface area contributed by atoms with Crippen LogP contribution >= 0.6 is 0 Å². The van der Waals surface area contributed by atoms with Crippen LogP contribution in [0.4, 0.5) is 0 Å². The van der Waals surface area contributed by atoms with Gasteiger partial charge in [-0.1, -0.05) is 25.0 Å². The van der Waals surface area contributed by atoms with Crippen molar-refractivity contribution >= 4 is 5.57 Å². The predicted octanol–water partition coefficient (Wildman–Crippen LogP) is 3.52. The van der Waals surface area contributed by atoms with Crippen LogP contribution in [0.3, 0.4) is 0 Å². The summed E-state index contributed by atoms with van der Waals surface area (Å²) in [6, 6.07) is 5.72. The molecule has 1 aromatic rings. The quantitative estimate of drug-likeness (QED) is 0.719. The SMILES string of the molecule is C#CC1(O)CCC2C3CCc4cc(O)ccc4C3=CC[C@]21C. The van der Waals surface area contributed by atoms with Crippen LogP contribution in [0.1, 0.15) is 43.7 Å². The Morgan fingerprint density at radius 3 is 2.91 bits per heavy atom. The second kappa shape index (κ2) is 4.40. The summed E-state index contributed by atoms with van der Waals surface area (Å²) in [5, 5.41) is 20.6. The largest absolute Gasteiger partial charge is 0.508 e. The summed E-state index contributed by atoms with van der Waals surface area (Å²) in [5.74, 6) is 3.98. The smallest absolute Gasteiger partial charge is 0.131 e. The van der Waals surface area contributed by atoms with E-state index in [-0.39, 0.29) is 5.41 Å². The highest BCUT2D eigenvalue weighted by atomic mass is 16.3. The van der Waals surface area contributed by atoms with Gasteiger partial charge >= 0.3 is 0 Å². The molecule has 3 aliphatic carbocycles. The van der Waals surface area contributed by atoms with E-state index in [1.54, 1.807) is 6.07 Å². The lowest BCUT2D eigenvalue weighted by Crippen LogP contribution is -2.47. The van der Waals surface area contributed by atoms with Crippen molar-refractivity contribution in [2.24, 2.45) is 17.3 Å². The van der Waals surface area contributed by atoms with Gasteiger partial charge in [-0.15, -0.1) is 6.42 Å². The Kier molecular flexibility index (Phi) is 2.78.